The van der Waals surface area contributed by atoms with Gasteiger partial charge in [0, 0.05) is 30.1 Å². The summed E-state index contributed by atoms with van der Waals surface area (Å²) in [5.41, 5.74) is 2.33. The standard InChI is InChI=1S/C16H19N3O/c20-16(11-4-2-1-3-5-11)19-12-6-7-15(19)13-9-17-10-18-14(13)8-12/h1-2,9-12,15H,3-8H2/t11-,12-,15-/m0/s1. The summed E-state index contributed by atoms with van der Waals surface area (Å²) in [6, 6.07) is 0.587. The Labute approximate surface area is 118 Å². The molecule has 20 heavy (non-hydrogen) atoms. The van der Waals surface area contributed by atoms with E-state index in [1.165, 1.54) is 5.56 Å². The lowest BCUT2D eigenvalue weighted by atomic mass is 9.90. The summed E-state index contributed by atoms with van der Waals surface area (Å²) < 4.78 is 0. The van der Waals surface area contributed by atoms with E-state index in [1.807, 2.05) is 6.20 Å². The topological polar surface area (TPSA) is 46.1 Å². The molecule has 2 aliphatic heterocycles. The fourth-order valence-corrected chi connectivity index (χ4v) is 3.99. The van der Waals surface area contributed by atoms with Crippen LogP contribution in [0.2, 0.25) is 0 Å². The molecule has 0 unspecified atom stereocenters. The zero-order valence-corrected chi connectivity index (χ0v) is 11.5. The second-order valence-corrected chi connectivity index (χ2v) is 6.10. The van der Waals surface area contributed by atoms with Gasteiger partial charge in [-0.15, -0.1) is 0 Å². The van der Waals surface area contributed by atoms with Crippen molar-refractivity contribution in [2.45, 2.75) is 50.6 Å². The first-order valence-corrected chi connectivity index (χ1v) is 7.60. The van der Waals surface area contributed by atoms with Crippen molar-refractivity contribution in [3.63, 3.8) is 0 Å². The molecule has 1 aromatic heterocycles. The van der Waals surface area contributed by atoms with Crippen LogP contribution < -0.4 is 0 Å². The van der Waals surface area contributed by atoms with Crippen LogP contribution >= 0.6 is 0 Å². The summed E-state index contributed by atoms with van der Waals surface area (Å²) in [6.45, 7) is 0. The normalized spacial score (nSPS) is 31.2. The summed E-state index contributed by atoms with van der Waals surface area (Å²) in [4.78, 5) is 23.6. The molecule has 3 aliphatic rings. The first kappa shape index (κ1) is 12.1. The van der Waals surface area contributed by atoms with Gasteiger partial charge in [-0.3, -0.25) is 4.79 Å². The Bertz CT molecular complexity index is 569. The average Bonchev–Trinajstić information content (AvgIpc) is 2.82. The zero-order valence-electron chi connectivity index (χ0n) is 11.5. The van der Waals surface area contributed by atoms with E-state index in [4.69, 9.17) is 0 Å². The van der Waals surface area contributed by atoms with Gasteiger partial charge in [-0.1, -0.05) is 12.2 Å². The monoisotopic (exact) mass is 269 g/mol. The maximum absolute atomic E-state index is 12.9. The highest BCUT2D eigenvalue weighted by atomic mass is 16.2. The Morgan fingerprint density at radius 1 is 1.25 bits per heavy atom. The molecule has 4 rings (SSSR count). The van der Waals surface area contributed by atoms with E-state index in [2.05, 4.69) is 27.0 Å². The van der Waals surface area contributed by atoms with Crippen molar-refractivity contribution < 1.29 is 4.79 Å². The Morgan fingerprint density at radius 2 is 2.20 bits per heavy atom. The Kier molecular flexibility index (Phi) is 2.83. The smallest absolute Gasteiger partial charge is 0.226 e. The van der Waals surface area contributed by atoms with Crippen LogP contribution in [0.3, 0.4) is 0 Å². The van der Waals surface area contributed by atoms with Crippen LogP contribution in [-0.4, -0.2) is 26.8 Å². The molecule has 104 valence electrons. The second-order valence-electron chi connectivity index (χ2n) is 6.10. The van der Waals surface area contributed by atoms with E-state index in [-0.39, 0.29) is 12.0 Å². The highest BCUT2D eigenvalue weighted by Gasteiger charge is 2.44. The minimum Gasteiger partial charge on any atom is -0.332 e. The van der Waals surface area contributed by atoms with Gasteiger partial charge in [-0.05, 0) is 32.1 Å². The highest BCUT2D eigenvalue weighted by molar-refractivity contribution is 5.80. The van der Waals surface area contributed by atoms with Crippen LogP contribution in [0.1, 0.15) is 49.4 Å². The number of hydrogen-bond acceptors (Lipinski definition) is 3. The van der Waals surface area contributed by atoms with Crippen LogP contribution in [0.4, 0.5) is 0 Å². The molecule has 1 saturated heterocycles. The van der Waals surface area contributed by atoms with E-state index >= 15 is 0 Å². The third-order valence-electron chi connectivity index (χ3n) is 4.99. The van der Waals surface area contributed by atoms with Crippen LogP contribution in [0.25, 0.3) is 0 Å². The predicted molar refractivity (Wildman–Crippen MR) is 74.8 cm³/mol. The van der Waals surface area contributed by atoms with Crippen LogP contribution in [0.15, 0.2) is 24.7 Å². The fraction of sp³-hybridized carbons (Fsp3) is 0.562. The lowest BCUT2D eigenvalue weighted by Crippen LogP contribution is -2.45. The molecule has 1 aromatic rings. The number of carbonyl (C=O) groups excluding carboxylic acids is 1. The largest absolute Gasteiger partial charge is 0.332 e. The summed E-state index contributed by atoms with van der Waals surface area (Å²) in [5.74, 6) is 0.547. The SMILES string of the molecule is O=C([C@H]1CC=CCC1)N1[C@H]2CC[C@H]1c1cncnc1C2. The lowest BCUT2D eigenvalue weighted by molar-refractivity contribution is -0.139. The van der Waals surface area contributed by atoms with Crippen LogP contribution in [0, 0.1) is 5.92 Å². The van der Waals surface area contributed by atoms with E-state index < -0.39 is 0 Å². The van der Waals surface area contributed by atoms with Gasteiger partial charge in [0.1, 0.15) is 6.33 Å². The number of fused-ring (bicyclic) bond motifs is 4. The molecule has 0 aromatic carbocycles. The molecule has 2 bridgehead atoms. The van der Waals surface area contributed by atoms with Gasteiger partial charge >= 0.3 is 0 Å². The molecule has 4 heteroatoms. The molecule has 4 nitrogen and oxygen atoms in total. The van der Waals surface area contributed by atoms with Gasteiger partial charge in [0.2, 0.25) is 5.91 Å². The summed E-state index contributed by atoms with van der Waals surface area (Å²) in [7, 11) is 0. The molecule has 0 radical (unpaired) electrons. The number of aromatic nitrogens is 2. The Hall–Kier alpha value is -1.71. The van der Waals surface area contributed by atoms with Crippen molar-refractivity contribution in [2.75, 3.05) is 0 Å². The quantitative estimate of drug-likeness (QED) is 0.736. The molecule has 0 saturated carbocycles. The molecule has 1 fully saturated rings. The number of carbonyl (C=O) groups is 1. The minimum absolute atomic E-state index is 0.189. The van der Waals surface area contributed by atoms with Gasteiger partial charge < -0.3 is 4.90 Å². The fourth-order valence-electron chi connectivity index (χ4n) is 3.99. The summed E-state index contributed by atoms with van der Waals surface area (Å²) in [5, 5.41) is 0. The zero-order chi connectivity index (χ0) is 13.5. The molecule has 0 N–H and O–H groups in total. The van der Waals surface area contributed by atoms with Gasteiger partial charge in [0.15, 0.2) is 0 Å². The van der Waals surface area contributed by atoms with E-state index in [0.29, 0.717) is 11.9 Å². The van der Waals surface area contributed by atoms with Crippen molar-refractivity contribution in [3.05, 3.63) is 35.9 Å². The van der Waals surface area contributed by atoms with E-state index in [1.54, 1.807) is 6.33 Å². The van der Waals surface area contributed by atoms with Gasteiger partial charge in [-0.2, -0.15) is 0 Å². The average molecular weight is 269 g/mol. The Balaban J connectivity index is 1.64. The second kappa shape index (κ2) is 4.69. The number of allylic oxidation sites excluding steroid dienone is 2. The maximum Gasteiger partial charge on any atom is 0.226 e. The highest BCUT2D eigenvalue weighted by Crippen LogP contribution is 2.44. The summed E-state index contributed by atoms with van der Waals surface area (Å²) >= 11 is 0. The van der Waals surface area contributed by atoms with E-state index in [0.717, 1.165) is 44.2 Å². The number of rotatable bonds is 1. The van der Waals surface area contributed by atoms with Crippen molar-refractivity contribution in [1.29, 1.82) is 0 Å². The van der Waals surface area contributed by atoms with Gasteiger partial charge in [0.25, 0.3) is 0 Å². The molecule has 1 amide bonds. The van der Waals surface area contributed by atoms with Crippen molar-refractivity contribution in [3.8, 4) is 0 Å². The lowest BCUT2D eigenvalue weighted by Gasteiger charge is -2.38. The molecule has 1 aliphatic carbocycles. The first-order chi connectivity index (χ1) is 9.84. The van der Waals surface area contributed by atoms with Gasteiger partial charge in [-0.25, -0.2) is 9.97 Å². The first-order valence-electron chi connectivity index (χ1n) is 7.60. The molecule has 3 atom stereocenters. The molecule has 0 spiro atoms. The van der Waals surface area contributed by atoms with Crippen molar-refractivity contribution >= 4 is 5.91 Å². The number of nitrogens with zero attached hydrogens (tertiary/aromatic N) is 3. The molecule has 3 heterocycles. The van der Waals surface area contributed by atoms with Crippen LogP contribution in [0.5, 0.6) is 0 Å². The van der Waals surface area contributed by atoms with Crippen molar-refractivity contribution in [2.24, 2.45) is 5.92 Å². The third-order valence-corrected chi connectivity index (χ3v) is 4.99. The van der Waals surface area contributed by atoms with Crippen molar-refractivity contribution in [1.82, 2.24) is 14.9 Å². The van der Waals surface area contributed by atoms with E-state index in [9.17, 15) is 4.79 Å². The molecular weight excluding hydrogens is 250 g/mol. The maximum atomic E-state index is 12.9. The minimum atomic E-state index is 0.189. The van der Waals surface area contributed by atoms with Gasteiger partial charge in [0.05, 0.1) is 11.7 Å². The molecular formula is C16H19N3O. The predicted octanol–water partition coefficient (Wildman–Crippen LogP) is 2.42. The summed E-state index contributed by atoms with van der Waals surface area (Å²) in [6.07, 6.45) is 13.9. The van der Waals surface area contributed by atoms with Crippen LogP contribution in [-0.2, 0) is 11.2 Å². The number of amides is 1. The Morgan fingerprint density at radius 3 is 3.05 bits per heavy atom. The number of hydrogen-bond donors (Lipinski definition) is 0. The third kappa shape index (κ3) is 1.78.